The van der Waals surface area contributed by atoms with Gasteiger partial charge in [0.2, 0.25) is 5.95 Å². The van der Waals surface area contributed by atoms with E-state index in [0.717, 1.165) is 60.4 Å². The van der Waals surface area contributed by atoms with Crippen molar-refractivity contribution in [1.82, 2.24) is 19.1 Å². The van der Waals surface area contributed by atoms with Crippen LogP contribution in [0.4, 0.5) is 0 Å². The van der Waals surface area contributed by atoms with Crippen LogP contribution in [0.3, 0.4) is 0 Å². The zero-order valence-corrected chi connectivity index (χ0v) is 27.2. The maximum atomic E-state index is 5.29. The standard InChI is InChI=1S/C44H28N4S/c1-4-16-29(17-5-1)41-39(33-23-10-13-25-36(33)47(41)31-20-8-3-9-21-31)40-34-24-11-14-26-37(34)48(42(40)30-18-6-2-7-19-30)44-45-28-35-32-22-12-15-27-38(32)49-43(35)46-44/h1-28H. The van der Waals surface area contributed by atoms with Gasteiger partial charge in [-0.3, -0.25) is 4.57 Å². The van der Waals surface area contributed by atoms with E-state index in [2.05, 4.69) is 173 Å². The predicted octanol–water partition coefficient (Wildman–Crippen LogP) is 11.7. The molecular formula is C44H28N4S. The van der Waals surface area contributed by atoms with Crippen molar-refractivity contribution >= 4 is 53.4 Å². The Morgan fingerprint density at radius 3 is 1.55 bits per heavy atom. The molecule has 0 amide bonds. The molecule has 0 fully saturated rings. The minimum Gasteiger partial charge on any atom is -0.309 e. The van der Waals surface area contributed by atoms with Crippen LogP contribution in [0.25, 0.3) is 87.4 Å². The molecule has 4 nitrogen and oxygen atoms in total. The smallest absolute Gasteiger partial charge is 0.236 e. The number of fused-ring (bicyclic) bond motifs is 5. The average molecular weight is 645 g/mol. The molecule has 0 aliphatic heterocycles. The maximum absolute atomic E-state index is 5.29. The lowest BCUT2D eigenvalue weighted by molar-refractivity contribution is 0.991. The highest BCUT2D eigenvalue weighted by molar-refractivity contribution is 7.25. The largest absolute Gasteiger partial charge is 0.309 e. The predicted molar refractivity (Wildman–Crippen MR) is 205 cm³/mol. The summed E-state index contributed by atoms with van der Waals surface area (Å²) >= 11 is 1.72. The van der Waals surface area contributed by atoms with Crippen molar-refractivity contribution in [2.45, 2.75) is 0 Å². The van der Waals surface area contributed by atoms with E-state index in [-0.39, 0.29) is 0 Å². The summed E-state index contributed by atoms with van der Waals surface area (Å²) in [4.78, 5) is 11.4. The van der Waals surface area contributed by atoms with Crippen LogP contribution in [0.5, 0.6) is 0 Å². The van der Waals surface area contributed by atoms with E-state index in [1.54, 1.807) is 11.3 Å². The number of para-hydroxylation sites is 3. The van der Waals surface area contributed by atoms with Gasteiger partial charge in [0.15, 0.2) is 0 Å². The van der Waals surface area contributed by atoms with Gasteiger partial charge >= 0.3 is 0 Å². The van der Waals surface area contributed by atoms with Gasteiger partial charge in [0.1, 0.15) is 4.83 Å². The molecule has 0 aliphatic rings. The molecule has 0 saturated carbocycles. The van der Waals surface area contributed by atoms with E-state index < -0.39 is 0 Å². The Hall–Kier alpha value is -6.30. The Morgan fingerprint density at radius 1 is 0.429 bits per heavy atom. The first-order chi connectivity index (χ1) is 24.3. The molecule has 0 spiro atoms. The lowest BCUT2D eigenvalue weighted by Gasteiger charge is -2.15. The number of rotatable bonds is 5. The molecule has 0 aliphatic carbocycles. The first kappa shape index (κ1) is 27.8. The first-order valence-electron chi connectivity index (χ1n) is 16.4. The number of aromatic nitrogens is 4. The van der Waals surface area contributed by atoms with E-state index in [1.165, 1.54) is 21.0 Å². The Labute approximate surface area is 286 Å². The van der Waals surface area contributed by atoms with Crippen LogP contribution >= 0.6 is 11.3 Å². The lowest BCUT2D eigenvalue weighted by atomic mass is 9.93. The third-order valence-electron chi connectivity index (χ3n) is 9.43. The first-order valence-corrected chi connectivity index (χ1v) is 17.2. The Bertz CT molecular complexity index is 2810. The minimum atomic E-state index is 0.661. The molecule has 4 aromatic heterocycles. The maximum Gasteiger partial charge on any atom is 0.236 e. The molecule has 0 radical (unpaired) electrons. The Morgan fingerprint density at radius 2 is 0.918 bits per heavy atom. The van der Waals surface area contributed by atoms with Crippen molar-refractivity contribution in [2.75, 3.05) is 0 Å². The fourth-order valence-corrected chi connectivity index (χ4v) is 8.43. The van der Waals surface area contributed by atoms with E-state index >= 15 is 0 Å². The number of nitrogens with zero attached hydrogens (tertiary/aromatic N) is 4. The molecule has 49 heavy (non-hydrogen) atoms. The molecule has 0 N–H and O–H groups in total. The average Bonchev–Trinajstić information content (AvgIpc) is 3.83. The van der Waals surface area contributed by atoms with E-state index in [4.69, 9.17) is 9.97 Å². The highest BCUT2D eigenvalue weighted by Crippen LogP contribution is 2.50. The van der Waals surface area contributed by atoms with Gasteiger partial charge in [-0.1, -0.05) is 133 Å². The molecule has 0 saturated heterocycles. The molecule has 0 unspecified atom stereocenters. The molecule has 0 bridgehead atoms. The molecule has 6 aromatic carbocycles. The summed E-state index contributed by atoms with van der Waals surface area (Å²) in [5, 5.41) is 4.61. The second-order valence-electron chi connectivity index (χ2n) is 12.2. The molecule has 4 heterocycles. The summed E-state index contributed by atoms with van der Waals surface area (Å²) in [6, 6.07) is 58.1. The molecule has 5 heteroatoms. The fourth-order valence-electron chi connectivity index (χ4n) is 7.39. The summed E-state index contributed by atoms with van der Waals surface area (Å²) in [6.45, 7) is 0. The van der Waals surface area contributed by atoms with Crippen molar-refractivity contribution in [3.63, 3.8) is 0 Å². The Kier molecular flexibility index (Phi) is 6.32. The van der Waals surface area contributed by atoms with Crippen LogP contribution in [0.15, 0.2) is 170 Å². The third kappa shape index (κ3) is 4.30. The van der Waals surface area contributed by atoms with E-state index in [9.17, 15) is 0 Å². The molecule has 10 rings (SSSR count). The second kappa shape index (κ2) is 11.2. The molecule has 230 valence electrons. The van der Waals surface area contributed by atoms with Gasteiger partial charge in [-0.15, -0.1) is 11.3 Å². The summed E-state index contributed by atoms with van der Waals surface area (Å²) < 4.78 is 5.90. The van der Waals surface area contributed by atoms with Crippen molar-refractivity contribution < 1.29 is 0 Å². The van der Waals surface area contributed by atoms with Gasteiger partial charge in [-0.05, 0) is 41.5 Å². The second-order valence-corrected chi connectivity index (χ2v) is 13.2. The van der Waals surface area contributed by atoms with Gasteiger partial charge in [-0.2, -0.15) is 0 Å². The van der Waals surface area contributed by atoms with Gasteiger partial charge in [0, 0.05) is 49.3 Å². The summed E-state index contributed by atoms with van der Waals surface area (Å²) in [5.74, 6) is 0.661. The summed E-state index contributed by atoms with van der Waals surface area (Å²) in [6.07, 6.45) is 2.00. The van der Waals surface area contributed by atoms with Gasteiger partial charge < -0.3 is 4.57 Å². The third-order valence-corrected chi connectivity index (χ3v) is 10.5. The van der Waals surface area contributed by atoms with Crippen LogP contribution < -0.4 is 0 Å². The van der Waals surface area contributed by atoms with Crippen molar-refractivity contribution in [3.05, 3.63) is 170 Å². The Balaban J connectivity index is 1.39. The lowest BCUT2D eigenvalue weighted by Crippen LogP contribution is -2.03. The van der Waals surface area contributed by atoms with Crippen LogP contribution in [0, 0.1) is 0 Å². The minimum absolute atomic E-state index is 0.661. The van der Waals surface area contributed by atoms with E-state index in [1.807, 2.05) is 6.20 Å². The highest BCUT2D eigenvalue weighted by atomic mass is 32.1. The molecule has 10 aromatic rings. The van der Waals surface area contributed by atoms with Crippen LogP contribution in [-0.2, 0) is 0 Å². The number of benzene rings is 6. The van der Waals surface area contributed by atoms with Crippen LogP contribution in [0.2, 0.25) is 0 Å². The SMILES string of the molecule is c1ccc(-c2c(-c3c(-c4ccccc4)n(-c4ncc5c(n4)sc4ccccc45)c4ccccc34)c3ccccc3n2-c2ccccc2)cc1. The van der Waals surface area contributed by atoms with Gasteiger partial charge in [0.25, 0.3) is 0 Å². The van der Waals surface area contributed by atoms with Crippen LogP contribution in [0.1, 0.15) is 0 Å². The summed E-state index contributed by atoms with van der Waals surface area (Å²) in [5.41, 5.74) is 10.1. The van der Waals surface area contributed by atoms with Gasteiger partial charge in [0.05, 0.1) is 22.4 Å². The quantitative estimate of drug-likeness (QED) is 0.187. The zero-order chi connectivity index (χ0) is 32.3. The monoisotopic (exact) mass is 644 g/mol. The number of hydrogen-bond acceptors (Lipinski definition) is 3. The fraction of sp³-hybridized carbons (Fsp3) is 0. The highest BCUT2D eigenvalue weighted by Gasteiger charge is 2.29. The zero-order valence-electron chi connectivity index (χ0n) is 26.4. The van der Waals surface area contributed by atoms with Crippen LogP contribution in [-0.4, -0.2) is 19.1 Å². The number of thiophene rings is 1. The molecular weight excluding hydrogens is 617 g/mol. The normalized spacial score (nSPS) is 11.7. The topological polar surface area (TPSA) is 35.6 Å². The summed E-state index contributed by atoms with van der Waals surface area (Å²) in [7, 11) is 0. The van der Waals surface area contributed by atoms with Crippen molar-refractivity contribution in [1.29, 1.82) is 0 Å². The number of hydrogen-bond donors (Lipinski definition) is 0. The van der Waals surface area contributed by atoms with Crippen molar-refractivity contribution in [2.24, 2.45) is 0 Å². The van der Waals surface area contributed by atoms with Gasteiger partial charge in [-0.25, -0.2) is 9.97 Å². The molecule has 0 atom stereocenters. The van der Waals surface area contributed by atoms with E-state index in [0.29, 0.717) is 5.95 Å². The van der Waals surface area contributed by atoms with Crippen molar-refractivity contribution in [3.8, 4) is 45.3 Å².